The van der Waals surface area contributed by atoms with Crippen LogP contribution in [0.5, 0.6) is 23.0 Å². The maximum atomic E-state index is 13.0. The Bertz CT molecular complexity index is 882. The van der Waals surface area contributed by atoms with Crippen molar-refractivity contribution in [3.63, 3.8) is 0 Å². The van der Waals surface area contributed by atoms with Gasteiger partial charge in [-0.1, -0.05) is 18.6 Å². The van der Waals surface area contributed by atoms with Gasteiger partial charge < -0.3 is 23.8 Å². The molecule has 0 bridgehead atoms. The summed E-state index contributed by atoms with van der Waals surface area (Å²) in [6, 6.07) is 11.8. The third-order valence-electron chi connectivity index (χ3n) is 5.68. The second kappa shape index (κ2) is 10.8. The number of hydrogen-bond acceptors (Lipinski definition) is 5. The van der Waals surface area contributed by atoms with Crippen molar-refractivity contribution in [3.8, 4) is 23.0 Å². The first-order valence-corrected chi connectivity index (χ1v) is 10.5. The molecule has 2 aromatic rings. The Morgan fingerprint density at radius 3 is 2.19 bits per heavy atom. The Morgan fingerprint density at radius 2 is 1.61 bits per heavy atom. The number of carbonyl (C=O) groups is 1. The molecule has 2 aromatic carbocycles. The molecular formula is C25H31NO5. The van der Waals surface area contributed by atoms with Gasteiger partial charge in [-0.15, -0.1) is 0 Å². The molecule has 6 heteroatoms. The van der Waals surface area contributed by atoms with E-state index in [9.17, 15) is 4.79 Å². The van der Waals surface area contributed by atoms with Crippen LogP contribution in [0.2, 0.25) is 0 Å². The van der Waals surface area contributed by atoms with Gasteiger partial charge in [0.15, 0.2) is 11.5 Å². The predicted octanol–water partition coefficient (Wildman–Crippen LogP) is 4.53. The van der Waals surface area contributed by atoms with Crippen LogP contribution < -0.4 is 18.9 Å². The van der Waals surface area contributed by atoms with E-state index in [0.29, 0.717) is 29.7 Å². The Kier molecular flexibility index (Phi) is 7.82. The van der Waals surface area contributed by atoms with E-state index in [1.165, 1.54) is 5.56 Å². The van der Waals surface area contributed by atoms with Crippen LogP contribution in [0, 0.1) is 0 Å². The van der Waals surface area contributed by atoms with E-state index in [2.05, 4.69) is 12.1 Å². The van der Waals surface area contributed by atoms with Gasteiger partial charge in [0.2, 0.25) is 11.7 Å². The van der Waals surface area contributed by atoms with Crippen LogP contribution in [0.4, 0.5) is 0 Å². The molecule has 1 unspecified atom stereocenters. The largest absolute Gasteiger partial charge is 0.497 e. The number of likely N-dealkylation sites (tertiary alicyclic amines) is 1. The van der Waals surface area contributed by atoms with E-state index in [-0.39, 0.29) is 5.91 Å². The molecule has 0 aromatic heterocycles. The molecule has 1 atom stereocenters. The van der Waals surface area contributed by atoms with E-state index in [4.69, 9.17) is 18.9 Å². The lowest BCUT2D eigenvalue weighted by atomic mass is 9.94. The highest BCUT2D eigenvalue weighted by molar-refractivity contribution is 5.92. The number of rotatable bonds is 7. The molecule has 1 heterocycles. The lowest BCUT2D eigenvalue weighted by Crippen LogP contribution is -2.32. The van der Waals surface area contributed by atoms with Gasteiger partial charge in [0.1, 0.15) is 5.75 Å². The van der Waals surface area contributed by atoms with Crippen molar-refractivity contribution < 1.29 is 23.7 Å². The second-order valence-electron chi connectivity index (χ2n) is 7.54. The number of methoxy groups -OCH3 is 4. The maximum absolute atomic E-state index is 13.0. The molecule has 1 fully saturated rings. The van der Waals surface area contributed by atoms with Crippen molar-refractivity contribution in [2.24, 2.45) is 0 Å². The Balaban J connectivity index is 1.74. The van der Waals surface area contributed by atoms with E-state index >= 15 is 0 Å². The fourth-order valence-corrected chi connectivity index (χ4v) is 3.96. The van der Waals surface area contributed by atoms with E-state index in [0.717, 1.165) is 37.1 Å². The van der Waals surface area contributed by atoms with Crippen molar-refractivity contribution >= 4 is 12.0 Å². The summed E-state index contributed by atoms with van der Waals surface area (Å²) in [6.07, 6.45) is 6.61. The Labute approximate surface area is 184 Å². The third-order valence-corrected chi connectivity index (χ3v) is 5.68. The van der Waals surface area contributed by atoms with E-state index in [1.54, 1.807) is 40.6 Å². The first kappa shape index (κ1) is 22.5. The third kappa shape index (κ3) is 5.51. The minimum atomic E-state index is 0.00848. The summed E-state index contributed by atoms with van der Waals surface area (Å²) in [5, 5.41) is 0. The first-order valence-electron chi connectivity index (χ1n) is 10.5. The van der Waals surface area contributed by atoms with Crippen molar-refractivity contribution in [2.75, 3.05) is 41.5 Å². The van der Waals surface area contributed by atoms with Crippen LogP contribution in [-0.2, 0) is 4.79 Å². The topological polar surface area (TPSA) is 57.2 Å². The molecule has 166 valence electrons. The van der Waals surface area contributed by atoms with Gasteiger partial charge in [-0.2, -0.15) is 0 Å². The molecule has 0 saturated carbocycles. The van der Waals surface area contributed by atoms with Gasteiger partial charge in [0.05, 0.1) is 28.4 Å². The van der Waals surface area contributed by atoms with Crippen molar-refractivity contribution in [1.82, 2.24) is 4.90 Å². The van der Waals surface area contributed by atoms with Gasteiger partial charge in [-0.3, -0.25) is 4.79 Å². The van der Waals surface area contributed by atoms with Crippen molar-refractivity contribution in [3.05, 3.63) is 53.6 Å². The summed E-state index contributed by atoms with van der Waals surface area (Å²) in [4.78, 5) is 14.9. The predicted molar refractivity (Wildman–Crippen MR) is 121 cm³/mol. The van der Waals surface area contributed by atoms with Gasteiger partial charge in [-0.05, 0) is 54.3 Å². The molecule has 1 saturated heterocycles. The second-order valence-corrected chi connectivity index (χ2v) is 7.54. The fourth-order valence-electron chi connectivity index (χ4n) is 3.96. The summed E-state index contributed by atoms with van der Waals surface area (Å²) in [5.41, 5.74) is 2.05. The van der Waals surface area contributed by atoms with E-state index < -0.39 is 0 Å². The summed E-state index contributed by atoms with van der Waals surface area (Å²) in [6.45, 7) is 1.48. The average molecular weight is 426 g/mol. The van der Waals surface area contributed by atoms with Crippen LogP contribution in [0.25, 0.3) is 6.08 Å². The molecule has 0 N–H and O–H groups in total. The highest BCUT2D eigenvalue weighted by Gasteiger charge is 2.22. The van der Waals surface area contributed by atoms with Crippen LogP contribution in [-0.4, -0.2) is 52.3 Å². The molecular weight excluding hydrogens is 394 g/mol. The number of nitrogens with zero attached hydrogens (tertiary/aromatic N) is 1. The average Bonchev–Trinajstić information content (AvgIpc) is 3.08. The minimum absolute atomic E-state index is 0.00848. The Hall–Kier alpha value is -3.15. The molecule has 1 amide bonds. The Morgan fingerprint density at radius 1 is 0.935 bits per heavy atom. The molecule has 1 aliphatic heterocycles. The quantitative estimate of drug-likeness (QED) is 0.610. The molecule has 0 radical (unpaired) electrons. The number of ether oxygens (including phenoxy) is 4. The van der Waals surface area contributed by atoms with Gasteiger partial charge in [0.25, 0.3) is 0 Å². The highest BCUT2D eigenvalue weighted by atomic mass is 16.5. The summed E-state index contributed by atoms with van der Waals surface area (Å²) in [7, 11) is 6.39. The SMILES string of the molecule is COc1ccc(C2CCCCN(C(=O)/C=C/c3cc(OC)c(OC)c(OC)c3)C2)cc1. The monoisotopic (exact) mass is 425 g/mol. The zero-order valence-electron chi connectivity index (χ0n) is 18.7. The lowest BCUT2D eigenvalue weighted by molar-refractivity contribution is -0.126. The zero-order valence-corrected chi connectivity index (χ0v) is 18.7. The summed E-state index contributed by atoms with van der Waals surface area (Å²) < 4.78 is 21.4. The number of hydrogen-bond donors (Lipinski definition) is 0. The van der Waals surface area contributed by atoms with Gasteiger partial charge in [-0.25, -0.2) is 0 Å². The maximum Gasteiger partial charge on any atom is 0.246 e. The van der Waals surface area contributed by atoms with Crippen molar-refractivity contribution in [2.45, 2.75) is 25.2 Å². The van der Waals surface area contributed by atoms with Gasteiger partial charge in [0, 0.05) is 25.1 Å². The summed E-state index contributed by atoms with van der Waals surface area (Å²) >= 11 is 0. The fraction of sp³-hybridized carbons (Fsp3) is 0.400. The zero-order chi connectivity index (χ0) is 22.2. The smallest absolute Gasteiger partial charge is 0.246 e. The number of carbonyl (C=O) groups excluding carboxylic acids is 1. The molecule has 6 nitrogen and oxygen atoms in total. The van der Waals surface area contributed by atoms with Crippen LogP contribution in [0.15, 0.2) is 42.5 Å². The normalized spacial score (nSPS) is 16.6. The van der Waals surface area contributed by atoms with Crippen LogP contribution >= 0.6 is 0 Å². The lowest BCUT2D eigenvalue weighted by Gasteiger charge is -2.24. The van der Waals surface area contributed by atoms with Gasteiger partial charge >= 0.3 is 0 Å². The summed E-state index contributed by atoms with van der Waals surface area (Å²) in [5.74, 6) is 2.83. The number of benzene rings is 2. The van der Waals surface area contributed by atoms with Crippen LogP contribution in [0.3, 0.4) is 0 Å². The molecule has 0 spiro atoms. The van der Waals surface area contributed by atoms with E-state index in [1.807, 2.05) is 29.2 Å². The van der Waals surface area contributed by atoms with Crippen molar-refractivity contribution in [1.29, 1.82) is 0 Å². The number of amides is 1. The highest BCUT2D eigenvalue weighted by Crippen LogP contribution is 2.38. The molecule has 0 aliphatic carbocycles. The van der Waals surface area contributed by atoms with Crippen LogP contribution in [0.1, 0.15) is 36.3 Å². The molecule has 3 rings (SSSR count). The minimum Gasteiger partial charge on any atom is -0.497 e. The standard InChI is InChI=1S/C25H31NO5/c1-28-21-11-9-19(10-12-21)20-7-5-6-14-26(17-20)24(27)13-8-18-15-22(29-2)25(31-4)23(16-18)30-3/h8-13,15-16,20H,5-7,14,17H2,1-4H3/b13-8+. The molecule has 1 aliphatic rings. The molecule has 31 heavy (non-hydrogen) atoms. The first-order chi connectivity index (χ1) is 15.1.